The SMILES string of the molecule is C=CCOC(=O)c1cc(N)c2ccccc2c1. The molecule has 3 nitrogen and oxygen atoms in total. The highest BCUT2D eigenvalue weighted by Crippen LogP contribution is 2.23. The molecule has 2 aromatic rings. The zero-order valence-corrected chi connectivity index (χ0v) is 9.35. The number of esters is 1. The summed E-state index contributed by atoms with van der Waals surface area (Å²) in [6.07, 6.45) is 1.53. The highest BCUT2D eigenvalue weighted by Gasteiger charge is 2.09. The van der Waals surface area contributed by atoms with E-state index in [0.717, 1.165) is 10.8 Å². The first-order valence-corrected chi connectivity index (χ1v) is 5.28. The third kappa shape index (κ3) is 2.28. The van der Waals surface area contributed by atoms with Crippen LogP contribution in [-0.2, 0) is 4.74 Å². The van der Waals surface area contributed by atoms with E-state index in [2.05, 4.69) is 6.58 Å². The number of rotatable bonds is 3. The van der Waals surface area contributed by atoms with Crippen LogP contribution in [0.15, 0.2) is 49.1 Å². The number of carbonyl (C=O) groups excluding carboxylic acids is 1. The molecule has 0 bridgehead atoms. The normalized spacial score (nSPS) is 10.1. The van der Waals surface area contributed by atoms with Gasteiger partial charge >= 0.3 is 5.97 Å². The van der Waals surface area contributed by atoms with E-state index in [1.54, 1.807) is 12.1 Å². The van der Waals surface area contributed by atoms with Crippen LogP contribution in [0.1, 0.15) is 10.4 Å². The lowest BCUT2D eigenvalue weighted by molar-refractivity contribution is 0.0550. The molecule has 0 unspecified atom stereocenters. The maximum atomic E-state index is 11.7. The second kappa shape index (κ2) is 4.70. The van der Waals surface area contributed by atoms with Crippen LogP contribution < -0.4 is 5.73 Å². The maximum absolute atomic E-state index is 11.7. The second-order valence-corrected chi connectivity index (χ2v) is 3.67. The monoisotopic (exact) mass is 227 g/mol. The molecular formula is C14H13NO2. The molecular weight excluding hydrogens is 214 g/mol. The van der Waals surface area contributed by atoms with Gasteiger partial charge in [-0.1, -0.05) is 36.9 Å². The molecule has 86 valence electrons. The Morgan fingerprint density at radius 3 is 2.88 bits per heavy atom. The quantitative estimate of drug-likeness (QED) is 0.498. The maximum Gasteiger partial charge on any atom is 0.338 e. The molecule has 2 aromatic carbocycles. The minimum absolute atomic E-state index is 0.200. The molecule has 0 atom stereocenters. The van der Waals surface area contributed by atoms with Crippen molar-refractivity contribution in [1.29, 1.82) is 0 Å². The second-order valence-electron chi connectivity index (χ2n) is 3.67. The number of nitrogen functional groups attached to an aromatic ring is 1. The molecule has 0 aromatic heterocycles. The highest BCUT2D eigenvalue weighted by molar-refractivity contribution is 6.00. The van der Waals surface area contributed by atoms with Crippen LogP contribution in [-0.4, -0.2) is 12.6 Å². The number of fused-ring (bicyclic) bond motifs is 1. The zero-order chi connectivity index (χ0) is 12.3. The number of carbonyl (C=O) groups is 1. The van der Waals surface area contributed by atoms with Crippen molar-refractivity contribution in [2.45, 2.75) is 0 Å². The van der Waals surface area contributed by atoms with Crippen LogP contribution >= 0.6 is 0 Å². The Labute approximate surface area is 99.5 Å². The van der Waals surface area contributed by atoms with Crippen LogP contribution in [0.4, 0.5) is 5.69 Å². The Bertz CT molecular complexity index is 575. The highest BCUT2D eigenvalue weighted by atomic mass is 16.5. The van der Waals surface area contributed by atoms with Gasteiger partial charge in [-0.3, -0.25) is 0 Å². The average Bonchev–Trinajstić information content (AvgIpc) is 2.36. The zero-order valence-electron chi connectivity index (χ0n) is 9.35. The summed E-state index contributed by atoms with van der Waals surface area (Å²) in [6.45, 7) is 3.69. The third-order valence-electron chi connectivity index (χ3n) is 2.46. The summed E-state index contributed by atoms with van der Waals surface area (Å²) in [6, 6.07) is 11.1. The van der Waals surface area contributed by atoms with E-state index in [0.29, 0.717) is 11.3 Å². The molecule has 0 amide bonds. The van der Waals surface area contributed by atoms with Gasteiger partial charge in [-0.15, -0.1) is 0 Å². The van der Waals surface area contributed by atoms with Crippen molar-refractivity contribution < 1.29 is 9.53 Å². The summed E-state index contributed by atoms with van der Waals surface area (Å²) in [7, 11) is 0. The molecule has 0 spiro atoms. The van der Waals surface area contributed by atoms with Gasteiger partial charge in [0, 0.05) is 11.1 Å². The summed E-state index contributed by atoms with van der Waals surface area (Å²) in [5, 5.41) is 1.87. The molecule has 3 heteroatoms. The van der Waals surface area contributed by atoms with Gasteiger partial charge in [0.25, 0.3) is 0 Å². The van der Waals surface area contributed by atoms with Crippen LogP contribution in [0, 0.1) is 0 Å². The van der Waals surface area contributed by atoms with Crippen LogP contribution in [0.5, 0.6) is 0 Å². The Hall–Kier alpha value is -2.29. The van der Waals surface area contributed by atoms with E-state index in [9.17, 15) is 4.79 Å². The van der Waals surface area contributed by atoms with E-state index < -0.39 is 0 Å². The molecule has 0 radical (unpaired) electrons. The molecule has 2 rings (SSSR count). The molecule has 0 aliphatic heterocycles. The smallest absolute Gasteiger partial charge is 0.338 e. The number of ether oxygens (including phenoxy) is 1. The van der Waals surface area contributed by atoms with Crippen LogP contribution in [0.3, 0.4) is 0 Å². The number of hydrogen-bond donors (Lipinski definition) is 1. The van der Waals surface area contributed by atoms with Gasteiger partial charge in [-0.05, 0) is 17.5 Å². The molecule has 0 saturated carbocycles. The Morgan fingerprint density at radius 1 is 1.35 bits per heavy atom. The van der Waals surface area contributed by atoms with Gasteiger partial charge in [0.15, 0.2) is 0 Å². The van der Waals surface area contributed by atoms with Gasteiger partial charge in [0.2, 0.25) is 0 Å². The largest absolute Gasteiger partial charge is 0.458 e. The van der Waals surface area contributed by atoms with Crippen LogP contribution in [0.2, 0.25) is 0 Å². The summed E-state index contributed by atoms with van der Waals surface area (Å²) >= 11 is 0. The van der Waals surface area contributed by atoms with Crippen LogP contribution in [0.25, 0.3) is 10.8 Å². The van der Waals surface area contributed by atoms with E-state index in [1.165, 1.54) is 6.08 Å². The van der Waals surface area contributed by atoms with Gasteiger partial charge in [0.05, 0.1) is 5.56 Å². The molecule has 0 saturated heterocycles. The standard InChI is InChI=1S/C14H13NO2/c1-2-7-17-14(16)11-8-10-5-3-4-6-12(10)13(15)9-11/h2-6,8-9H,1,7,15H2. The Morgan fingerprint density at radius 2 is 2.12 bits per heavy atom. The first-order chi connectivity index (χ1) is 8.22. The molecule has 0 aliphatic carbocycles. The lowest BCUT2D eigenvalue weighted by atomic mass is 10.1. The van der Waals surface area contributed by atoms with Crippen molar-refractivity contribution in [2.24, 2.45) is 0 Å². The van der Waals surface area contributed by atoms with Crippen molar-refractivity contribution in [3.05, 3.63) is 54.6 Å². The van der Waals surface area contributed by atoms with Crippen molar-refractivity contribution in [1.82, 2.24) is 0 Å². The minimum Gasteiger partial charge on any atom is -0.458 e. The number of hydrogen-bond acceptors (Lipinski definition) is 3. The summed E-state index contributed by atoms with van der Waals surface area (Å²) in [5.41, 5.74) is 6.93. The number of benzene rings is 2. The minimum atomic E-state index is -0.387. The topological polar surface area (TPSA) is 52.3 Å². The summed E-state index contributed by atoms with van der Waals surface area (Å²) < 4.78 is 4.97. The van der Waals surface area contributed by atoms with Gasteiger partial charge < -0.3 is 10.5 Å². The lowest BCUT2D eigenvalue weighted by Gasteiger charge is -2.06. The van der Waals surface area contributed by atoms with E-state index in [4.69, 9.17) is 10.5 Å². The third-order valence-corrected chi connectivity index (χ3v) is 2.46. The predicted octanol–water partition coefficient (Wildman–Crippen LogP) is 2.76. The average molecular weight is 227 g/mol. The number of nitrogens with two attached hydrogens (primary N) is 1. The fraction of sp³-hybridized carbons (Fsp3) is 0.0714. The lowest BCUT2D eigenvalue weighted by Crippen LogP contribution is -2.05. The van der Waals surface area contributed by atoms with E-state index in [1.807, 2.05) is 24.3 Å². The van der Waals surface area contributed by atoms with Gasteiger partial charge in [-0.2, -0.15) is 0 Å². The van der Waals surface area contributed by atoms with Crippen molar-refractivity contribution >= 4 is 22.4 Å². The number of anilines is 1. The fourth-order valence-electron chi connectivity index (χ4n) is 1.68. The first-order valence-electron chi connectivity index (χ1n) is 5.28. The van der Waals surface area contributed by atoms with Gasteiger partial charge in [0.1, 0.15) is 6.61 Å². The first kappa shape index (κ1) is 11.2. The fourth-order valence-corrected chi connectivity index (χ4v) is 1.68. The molecule has 0 aliphatic rings. The summed E-state index contributed by atoms with van der Waals surface area (Å²) in [5.74, 6) is -0.387. The molecule has 0 heterocycles. The molecule has 0 fully saturated rings. The molecule has 17 heavy (non-hydrogen) atoms. The Kier molecular flexibility index (Phi) is 3.10. The van der Waals surface area contributed by atoms with Crippen molar-refractivity contribution in [3.8, 4) is 0 Å². The van der Waals surface area contributed by atoms with Crippen molar-refractivity contribution in [2.75, 3.05) is 12.3 Å². The van der Waals surface area contributed by atoms with E-state index >= 15 is 0 Å². The summed E-state index contributed by atoms with van der Waals surface area (Å²) in [4.78, 5) is 11.7. The molecule has 2 N–H and O–H groups in total. The van der Waals surface area contributed by atoms with E-state index in [-0.39, 0.29) is 12.6 Å². The van der Waals surface area contributed by atoms with Crippen molar-refractivity contribution in [3.63, 3.8) is 0 Å². The predicted molar refractivity (Wildman–Crippen MR) is 68.8 cm³/mol. The Balaban J connectivity index is 2.42. The van der Waals surface area contributed by atoms with Gasteiger partial charge in [-0.25, -0.2) is 4.79 Å².